The van der Waals surface area contributed by atoms with Gasteiger partial charge in [-0.3, -0.25) is 0 Å². The topological polar surface area (TPSA) is 60.4 Å². The van der Waals surface area contributed by atoms with E-state index in [4.69, 9.17) is 0 Å². The number of halogens is 1. The molecule has 0 aromatic carbocycles. The van der Waals surface area contributed by atoms with Crippen LogP contribution < -0.4 is 18.9 Å². The van der Waals surface area contributed by atoms with Gasteiger partial charge in [0.1, 0.15) is 0 Å². The van der Waals surface area contributed by atoms with Gasteiger partial charge in [0.15, 0.2) is 0 Å². The molecule has 4 nitrogen and oxygen atoms in total. The van der Waals surface area contributed by atoms with Crippen molar-refractivity contribution in [3.63, 3.8) is 0 Å². The van der Waals surface area contributed by atoms with E-state index in [0.717, 1.165) is 7.11 Å². The molecule has 0 radical (unpaired) electrons. The van der Waals surface area contributed by atoms with Crippen molar-refractivity contribution in [2.24, 2.45) is 0 Å². The van der Waals surface area contributed by atoms with E-state index < -0.39 is 15.5 Å². The Morgan fingerprint density at radius 2 is 2.00 bits per heavy atom. The zero-order valence-corrected chi connectivity index (χ0v) is 5.74. The van der Waals surface area contributed by atoms with Crippen molar-refractivity contribution in [1.82, 2.24) is 0 Å². The van der Waals surface area contributed by atoms with Gasteiger partial charge in [-0.1, -0.05) is 3.89 Å². The summed E-state index contributed by atoms with van der Waals surface area (Å²) in [4.78, 5) is 9.65. The second kappa shape index (κ2) is 3.88. The van der Waals surface area contributed by atoms with Crippen LogP contribution in [0.15, 0.2) is 0 Å². The molecule has 0 saturated heterocycles. The number of carbonyl (C=O) groups excluding carboxylic acids is 1. The van der Waals surface area contributed by atoms with Crippen LogP contribution in [0.2, 0.25) is 0 Å². The fraction of sp³-hybridized carbons (Fsp3) is 0.500. The third-order valence-electron chi connectivity index (χ3n) is 0.366. The van der Waals surface area contributed by atoms with Gasteiger partial charge in [-0.05, 0) is 0 Å². The molecule has 0 bridgehead atoms. The molecule has 0 aliphatic rings. The Bertz CT molecular complexity index is 189. The quantitative estimate of drug-likeness (QED) is 0.212. The molecule has 0 aromatic rings. The Morgan fingerprint density at radius 3 is 2.00 bits per heavy atom. The molecular formula is C2H4FLiO4S. The summed E-state index contributed by atoms with van der Waals surface area (Å²) < 4.78 is 33.6. The smallest absolute Gasteiger partial charge is 1.00 e. The fourth-order valence-corrected chi connectivity index (χ4v) is 0.299. The molecule has 0 atom stereocenters. The van der Waals surface area contributed by atoms with Gasteiger partial charge in [0, 0.05) is 0 Å². The number of hydrogen-bond donors (Lipinski definition) is 0. The van der Waals surface area contributed by atoms with Crippen LogP contribution in [-0.2, 0) is 15.0 Å². The Morgan fingerprint density at radius 1 is 1.67 bits per heavy atom. The van der Waals surface area contributed by atoms with Crippen LogP contribution in [0.3, 0.4) is 0 Å². The van der Waals surface area contributed by atoms with E-state index in [2.05, 4.69) is 4.74 Å². The van der Waals surface area contributed by atoms with Gasteiger partial charge in [0.25, 0.3) is 0 Å². The van der Waals surface area contributed by atoms with E-state index in [1.807, 2.05) is 0 Å². The molecule has 0 spiro atoms. The second-order valence-electron chi connectivity index (χ2n) is 0.892. The molecule has 0 heterocycles. The summed E-state index contributed by atoms with van der Waals surface area (Å²) in [5, 5.41) is -1.86. The molecule has 0 aliphatic heterocycles. The third-order valence-corrected chi connectivity index (χ3v) is 0.931. The largest absolute Gasteiger partial charge is 1.00 e. The van der Waals surface area contributed by atoms with Gasteiger partial charge in [0.05, 0.1) is 7.11 Å². The van der Waals surface area contributed by atoms with Crippen molar-refractivity contribution in [3.8, 4) is 0 Å². The zero-order chi connectivity index (χ0) is 6.78. The summed E-state index contributed by atoms with van der Waals surface area (Å²) in [6.45, 7) is 0. The van der Waals surface area contributed by atoms with Crippen LogP contribution in [0.25, 0.3) is 0 Å². The zero-order valence-electron chi connectivity index (χ0n) is 5.92. The molecular weight excluding hydrogens is 146 g/mol. The van der Waals surface area contributed by atoms with Crippen molar-refractivity contribution >= 4 is 15.5 Å². The van der Waals surface area contributed by atoms with Crippen LogP contribution in [0.5, 0.6) is 0 Å². The normalized spacial score (nSPS) is 9.56. The first-order valence-electron chi connectivity index (χ1n) is 1.51. The fourth-order valence-electron chi connectivity index (χ4n) is 0.0995. The van der Waals surface area contributed by atoms with Crippen LogP contribution in [0.1, 0.15) is 1.43 Å². The van der Waals surface area contributed by atoms with E-state index >= 15 is 0 Å². The number of rotatable bonds is 0. The molecule has 50 valence electrons. The minimum atomic E-state index is -5.11. The first kappa shape index (κ1) is 11.7. The number of carbonyl (C=O) groups is 1. The summed E-state index contributed by atoms with van der Waals surface area (Å²) in [6, 6.07) is 0. The van der Waals surface area contributed by atoms with Crippen LogP contribution >= 0.6 is 0 Å². The molecule has 0 rings (SSSR count). The van der Waals surface area contributed by atoms with Crippen LogP contribution in [-0.4, -0.2) is 20.8 Å². The average molecular weight is 150 g/mol. The number of ether oxygens (including phenoxy) is 1. The van der Waals surface area contributed by atoms with Gasteiger partial charge in [-0.15, -0.1) is 0 Å². The van der Waals surface area contributed by atoms with E-state index in [0.29, 0.717) is 0 Å². The summed E-state index contributed by atoms with van der Waals surface area (Å²) >= 11 is 0. The predicted molar refractivity (Wildman–Crippen MR) is 23.5 cm³/mol. The van der Waals surface area contributed by atoms with Crippen molar-refractivity contribution < 1.29 is 42.1 Å². The van der Waals surface area contributed by atoms with E-state index in [1.54, 1.807) is 0 Å². The van der Waals surface area contributed by atoms with Crippen molar-refractivity contribution in [2.45, 2.75) is 0 Å². The van der Waals surface area contributed by atoms with Crippen molar-refractivity contribution in [3.05, 3.63) is 0 Å². The van der Waals surface area contributed by atoms with E-state index in [1.165, 1.54) is 0 Å². The van der Waals surface area contributed by atoms with Gasteiger partial charge in [-0.2, -0.15) is 8.42 Å². The second-order valence-corrected chi connectivity index (χ2v) is 2.10. The first-order chi connectivity index (χ1) is 3.48. The van der Waals surface area contributed by atoms with Crippen molar-refractivity contribution in [2.75, 3.05) is 7.11 Å². The molecule has 0 fully saturated rings. The molecule has 0 aromatic heterocycles. The van der Waals surface area contributed by atoms with Gasteiger partial charge >= 0.3 is 34.4 Å². The molecule has 7 heteroatoms. The van der Waals surface area contributed by atoms with E-state index in [-0.39, 0.29) is 20.3 Å². The standard InChI is InChI=1S/C2H3FO4S.Li.H/c1-7-2(4)8(3,5)6;;/h1H3;;/q;+1;-1. The molecule has 0 unspecified atom stereocenters. The third kappa shape index (κ3) is 4.45. The molecule has 0 saturated carbocycles. The SMILES string of the molecule is COC(=O)S(=O)(=O)F.[H-].[Li+]. The Labute approximate surface area is 65.2 Å². The summed E-state index contributed by atoms with van der Waals surface area (Å²) in [6.07, 6.45) is 0. The maximum Gasteiger partial charge on any atom is 1.00 e. The number of methoxy groups -OCH3 is 1. The Balaban J connectivity index is -0.000000245. The van der Waals surface area contributed by atoms with Gasteiger partial charge in [-0.25, -0.2) is 4.79 Å². The van der Waals surface area contributed by atoms with Crippen molar-refractivity contribution in [1.29, 1.82) is 0 Å². The molecule has 9 heavy (non-hydrogen) atoms. The molecule has 0 aliphatic carbocycles. The monoisotopic (exact) mass is 150 g/mol. The maximum atomic E-state index is 11.3. The van der Waals surface area contributed by atoms with Crippen LogP contribution in [0.4, 0.5) is 8.68 Å². The van der Waals surface area contributed by atoms with Crippen LogP contribution in [0, 0.1) is 0 Å². The predicted octanol–water partition coefficient (Wildman–Crippen LogP) is -2.83. The van der Waals surface area contributed by atoms with Gasteiger partial charge in [0.2, 0.25) is 0 Å². The Kier molecular flexibility index (Phi) is 5.04. The summed E-state index contributed by atoms with van der Waals surface area (Å²) in [7, 11) is -4.34. The first-order valence-corrected chi connectivity index (χ1v) is 2.89. The summed E-state index contributed by atoms with van der Waals surface area (Å²) in [5.74, 6) is 0. The minimum Gasteiger partial charge on any atom is -1.00 e. The molecule has 0 N–H and O–H groups in total. The average Bonchev–Trinajstić information content (AvgIpc) is 1.62. The van der Waals surface area contributed by atoms with E-state index in [9.17, 15) is 17.1 Å². The molecule has 0 amide bonds. The minimum absolute atomic E-state index is 0. The Hall–Kier alpha value is -0.0526. The van der Waals surface area contributed by atoms with Gasteiger partial charge < -0.3 is 6.16 Å². The summed E-state index contributed by atoms with van der Waals surface area (Å²) in [5.41, 5.74) is 0. The number of hydrogen-bond acceptors (Lipinski definition) is 4. The maximum absolute atomic E-state index is 11.3.